The first-order valence-corrected chi connectivity index (χ1v) is 8.94. The van der Waals surface area contributed by atoms with Crippen molar-refractivity contribution in [3.8, 4) is 11.3 Å². The molecular formula is C21H16F3N5O. The minimum absolute atomic E-state index is 0.00265. The number of alkyl halides is 1. The molecule has 1 unspecified atom stereocenters. The van der Waals surface area contributed by atoms with Crippen LogP contribution < -0.4 is 5.73 Å². The van der Waals surface area contributed by atoms with Crippen molar-refractivity contribution in [2.24, 2.45) is 10.7 Å². The highest BCUT2D eigenvalue weighted by Crippen LogP contribution is 2.41. The van der Waals surface area contributed by atoms with Crippen LogP contribution >= 0.6 is 0 Å². The third kappa shape index (κ3) is 2.90. The van der Waals surface area contributed by atoms with E-state index >= 15 is 0 Å². The molecule has 3 heterocycles. The molecule has 0 radical (unpaired) electrons. The van der Waals surface area contributed by atoms with E-state index in [0.717, 1.165) is 11.0 Å². The summed E-state index contributed by atoms with van der Waals surface area (Å²) in [6.45, 7) is -0.800. The molecule has 1 aromatic carbocycles. The number of nitrogens with two attached hydrogens (primary N) is 1. The zero-order valence-electron chi connectivity index (χ0n) is 15.8. The Bertz CT molecular complexity index is 1170. The Balaban J connectivity index is 2.02. The number of nitrogens with zero attached hydrogens (tertiary/aromatic N) is 4. The molecular weight excluding hydrogens is 395 g/mol. The van der Waals surface area contributed by atoms with Crippen molar-refractivity contribution in [1.29, 1.82) is 0 Å². The molecule has 1 aliphatic rings. The van der Waals surface area contributed by atoms with Gasteiger partial charge in [0.15, 0.2) is 17.6 Å². The van der Waals surface area contributed by atoms with E-state index in [0.29, 0.717) is 0 Å². The van der Waals surface area contributed by atoms with Gasteiger partial charge in [0, 0.05) is 25.0 Å². The van der Waals surface area contributed by atoms with Crippen LogP contribution in [0.3, 0.4) is 0 Å². The lowest BCUT2D eigenvalue weighted by Crippen LogP contribution is -2.41. The number of aromatic nitrogens is 2. The number of likely N-dealkylation sites (N-methyl/N-ethyl adjacent to an activating group) is 1. The highest BCUT2D eigenvalue weighted by atomic mass is 19.2. The van der Waals surface area contributed by atoms with Gasteiger partial charge in [0.25, 0.3) is 5.91 Å². The Morgan fingerprint density at radius 1 is 1.10 bits per heavy atom. The Morgan fingerprint density at radius 3 is 2.53 bits per heavy atom. The molecule has 0 spiro atoms. The van der Waals surface area contributed by atoms with Gasteiger partial charge >= 0.3 is 0 Å². The van der Waals surface area contributed by atoms with Crippen LogP contribution in [0.25, 0.3) is 11.3 Å². The molecule has 1 atom stereocenters. The van der Waals surface area contributed by atoms with Crippen LogP contribution in [0.15, 0.2) is 59.9 Å². The van der Waals surface area contributed by atoms with Gasteiger partial charge in [0.1, 0.15) is 6.67 Å². The largest absolute Gasteiger partial charge is 0.369 e. The van der Waals surface area contributed by atoms with Crippen LogP contribution in [0.4, 0.5) is 13.2 Å². The van der Waals surface area contributed by atoms with Crippen LogP contribution in [0.2, 0.25) is 0 Å². The smallest absolute Gasteiger partial charge is 0.267 e. The molecule has 3 aromatic rings. The van der Waals surface area contributed by atoms with Crippen LogP contribution in [0.5, 0.6) is 0 Å². The van der Waals surface area contributed by atoms with E-state index < -0.39 is 29.8 Å². The number of halogens is 3. The van der Waals surface area contributed by atoms with Gasteiger partial charge in [-0.25, -0.2) is 18.2 Å². The first kappa shape index (κ1) is 19.6. The van der Waals surface area contributed by atoms with Gasteiger partial charge in [-0.2, -0.15) is 0 Å². The van der Waals surface area contributed by atoms with Gasteiger partial charge in [0.05, 0.1) is 11.4 Å². The maximum absolute atomic E-state index is 14.6. The summed E-state index contributed by atoms with van der Waals surface area (Å²) in [6, 6.07) is 9.73. The average molecular weight is 411 g/mol. The van der Waals surface area contributed by atoms with Gasteiger partial charge in [0.2, 0.25) is 5.54 Å². The minimum atomic E-state index is -1.89. The van der Waals surface area contributed by atoms with Crippen LogP contribution in [-0.4, -0.2) is 33.8 Å². The van der Waals surface area contributed by atoms with Gasteiger partial charge in [-0.1, -0.05) is 6.07 Å². The highest BCUT2D eigenvalue weighted by Gasteiger charge is 2.51. The second-order valence-electron chi connectivity index (χ2n) is 6.76. The number of hydrogen-bond acceptors (Lipinski definition) is 5. The molecule has 9 heteroatoms. The van der Waals surface area contributed by atoms with Crippen LogP contribution in [-0.2, 0) is 17.0 Å². The number of amides is 1. The summed E-state index contributed by atoms with van der Waals surface area (Å²) in [5.74, 6) is -3.06. The Morgan fingerprint density at radius 2 is 1.90 bits per heavy atom. The third-order valence-corrected chi connectivity index (χ3v) is 4.98. The number of hydrogen-bond donors (Lipinski definition) is 1. The minimum Gasteiger partial charge on any atom is -0.369 e. The molecule has 1 amide bonds. The van der Waals surface area contributed by atoms with E-state index in [-0.39, 0.29) is 34.0 Å². The van der Waals surface area contributed by atoms with Gasteiger partial charge in [-0.05, 0) is 47.5 Å². The number of carbonyl (C=O) groups excluding carboxylic acids is 1. The van der Waals surface area contributed by atoms with Gasteiger partial charge in [-0.15, -0.1) is 0 Å². The van der Waals surface area contributed by atoms with Crippen molar-refractivity contribution >= 4 is 11.9 Å². The van der Waals surface area contributed by atoms with Gasteiger partial charge < -0.3 is 5.73 Å². The lowest BCUT2D eigenvalue weighted by molar-refractivity contribution is -0.129. The van der Waals surface area contributed by atoms with E-state index in [4.69, 9.17) is 5.73 Å². The van der Waals surface area contributed by atoms with Crippen molar-refractivity contribution in [3.05, 3.63) is 83.3 Å². The third-order valence-electron chi connectivity index (χ3n) is 4.98. The number of pyridine rings is 2. The van der Waals surface area contributed by atoms with Crippen molar-refractivity contribution in [2.45, 2.75) is 12.2 Å². The summed E-state index contributed by atoms with van der Waals surface area (Å²) in [5, 5.41) is 0. The normalized spacial score (nSPS) is 18.6. The summed E-state index contributed by atoms with van der Waals surface area (Å²) in [5.41, 5.74) is 4.32. The number of carbonyl (C=O) groups is 1. The molecule has 4 rings (SSSR count). The van der Waals surface area contributed by atoms with Crippen molar-refractivity contribution in [1.82, 2.24) is 14.9 Å². The highest BCUT2D eigenvalue weighted by molar-refractivity contribution is 6.08. The summed E-state index contributed by atoms with van der Waals surface area (Å²) in [4.78, 5) is 26.9. The lowest BCUT2D eigenvalue weighted by atomic mass is 9.84. The summed E-state index contributed by atoms with van der Waals surface area (Å²) < 4.78 is 42.5. The fourth-order valence-electron chi connectivity index (χ4n) is 3.41. The van der Waals surface area contributed by atoms with E-state index in [9.17, 15) is 18.0 Å². The first-order chi connectivity index (χ1) is 14.4. The Labute approximate surface area is 169 Å². The topological polar surface area (TPSA) is 84.5 Å². The maximum atomic E-state index is 14.6. The monoisotopic (exact) mass is 411 g/mol. The molecule has 0 bridgehead atoms. The molecule has 2 N–H and O–H groups in total. The molecule has 152 valence electrons. The molecule has 2 aromatic heterocycles. The second-order valence-corrected chi connectivity index (χ2v) is 6.76. The summed E-state index contributed by atoms with van der Waals surface area (Å²) >= 11 is 0. The Hall–Kier alpha value is -3.75. The molecule has 0 saturated heterocycles. The standard InChI is InChI=1S/C21H16F3N5O/c1-29-19(30)21(28-20(29)25,17-8-12(11-22)5-7-27-17)13-9-14(18(24)15(23)10-13)16-4-2-3-6-26-16/h2-10H,11H2,1H3,(H2,25,28). The maximum Gasteiger partial charge on any atom is 0.267 e. The molecule has 0 aliphatic carbocycles. The van der Waals surface area contributed by atoms with Crippen molar-refractivity contribution < 1.29 is 18.0 Å². The van der Waals surface area contributed by atoms with Crippen molar-refractivity contribution in [2.75, 3.05) is 7.05 Å². The predicted molar refractivity (Wildman–Crippen MR) is 104 cm³/mol. The molecule has 1 aliphatic heterocycles. The van der Waals surface area contributed by atoms with E-state index in [2.05, 4.69) is 15.0 Å². The number of guanidine groups is 1. The summed E-state index contributed by atoms with van der Waals surface area (Å²) in [7, 11) is 1.40. The average Bonchev–Trinajstić information content (AvgIpc) is 3.01. The van der Waals surface area contributed by atoms with E-state index in [1.54, 1.807) is 12.1 Å². The van der Waals surface area contributed by atoms with E-state index in [1.807, 2.05) is 0 Å². The lowest BCUT2D eigenvalue weighted by Gasteiger charge is -2.26. The Kier molecular flexibility index (Phi) is 4.73. The van der Waals surface area contributed by atoms with Gasteiger partial charge in [-0.3, -0.25) is 19.7 Å². The fourth-order valence-corrected chi connectivity index (χ4v) is 3.41. The second kappa shape index (κ2) is 7.25. The quantitative estimate of drug-likeness (QED) is 0.716. The fraction of sp³-hybridized carbons (Fsp3) is 0.143. The zero-order valence-corrected chi connectivity index (χ0v) is 15.8. The summed E-state index contributed by atoms with van der Waals surface area (Å²) in [6.07, 6.45) is 2.76. The molecule has 0 fully saturated rings. The van der Waals surface area contributed by atoms with E-state index in [1.165, 1.54) is 43.7 Å². The SMILES string of the molecule is CN1C(=O)C(c2cc(F)c(F)c(-c3ccccn3)c2)(c2cc(CF)ccn2)N=C1N. The molecule has 30 heavy (non-hydrogen) atoms. The molecule has 0 saturated carbocycles. The number of aliphatic imine (C=N–C) groups is 1. The number of rotatable bonds is 4. The molecule has 6 nitrogen and oxygen atoms in total. The van der Waals surface area contributed by atoms with Crippen LogP contribution in [0.1, 0.15) is 16.8 Å². The van der Waals surface area contributed by atoms with Crippen molar-refractivity contribution in [3.63, 3.8) is 0 Å². The zero-order chi connectivity index (χ0) is 21.5. The number of benzene rings is 1. The first-order valence-electron chi connectivity index (χ1n) is 8.94. The van der Waals surface area contributed by atoms with Crippen LogP contribution in [0, 0.1) is 11.6 Å². The predicted octanol–water partition coefficient (Wildman–Crippen LogP) is 2.92.